The number of sulfonamides is 1. The largest absolute Gasteiger partial charge is 0.480 e. The highest BCUT2D eigenvalue weighted by Gasteiger charge is 2.21. The fourth-order valence-corrected chi connectivity index (χ4v) is 3.00. The molecule has 2 N–H and O–H groups in total. The zero-order chi connectivity index (χ0) is 19.2. The Hall–Kier alpha value is -2.53. The first kappa shape index (κ1) is 20.5. The molecule has 0 fully saturated rings. The second kappa shape index (κ2) is 8.53. The van der Waals surface area contributed by atoms with Crippen molar-refractivity contribution in [2.24, 2.45) is 0 Å². The number of nitrogens with zero attached hydrogens (tertiary/aromatic N) is 2. The average Bonchev–Trinajstić information content (AvgIpc) is 2.51. The highest BCUT2D eigenvalue weighted by Crippen LogP contribution is 2.15. The van der Waals surface area contributed by atoms with E-state index < -0.39 is 33.4 Å². The molecule has 1 aromatic rings. The van der Waals surface area contributed by atoms with E-state index in [1.165, 1.54) is 0 Å². The molecule has 0 radical (unpaired) electrons. The number of carbonyl (C=O) groups is 2. The van der Waals surface area contributed by atoms with Crippen LogP contribution in [0.1, 0.15) is 20.3 Å². The van der Waals surface area contributed by atoms with Crippen LogP contribution in [0, 0.1) is 10.1 Å². The summed E-state index contributed by atoms with van der Waals surface area (Å²) in [6, 6.07) is 3.97. The van der Waals surface area contributed by atoms with Crippen LogP contribution < -0.4 is 4.72 Å². The number of aliphatic carboxylic acids is 1. The molecule has 0 aliphatic carbocycles. The number of nitro benzene ring substituents is 1. The van der Waals surface area contributed by atoms with E-state index >= 15 is 0 Å². The predicted molar refractivity (Wildman–Crippen MR) is 87.4 cm³/mol. The summed E-state index contributed by atoms with van der Waals surface area (Å²) in [5.41, 5.74) is -0.240. The minimum Gasteiger partial charge on any atom is -0.480 e. The highest BCUT2D eigenvalue weighted by molar-refractivity contribution is 7.89. The lowest BCUT2D eigenvalue weighted by molar-refractivity contribution is -0.384. The quantitative estimate of drug-likeness (QED) is 0.475. The summed E-state index contributed by atoms with van der Waals surface area (Å²) >= 11 is 0. The third kappa shape index (κ3) is 6.12. The van der Waals surface area contributed by atoms with Gasteiger partial charge in [-0.2, -0.15) is 0 Å². The Morgan fingerprint density at radius 2 is 1.84 bits per heavy atom. The van der Waals surface area contributed by atoms with Crippen LogP contribution in [0.4, 0.5) is 5.69 Å². The molecule has 0 aliphatic rings. The molecule has 25 heavy (non-hydrogen) atoms. The molecule has 0 aliphatic heterocycles. The Morgan fingerprint density at radius 3 is 2.28 bits per heavy atom. The van der Waals surface area contributed by atoms with Crippen molar-refractivity contribution in [1.29, 1.82) is 0 Å². The molecule has 0 atom stereocenters. The maximum Gasteiger partial charge on any atom is 0.323 e. The molecule has 0 heterocycles. The first-order valence-corrected chi connectivity index (χ1v) is 8.78. The molecule has 1 aromatic carbocycles. The number of benzene rings is 1. The standard InChI is InChI=1S/C14H19N3O7S/c1-10(2)16(9-14(19)20)13(18)7-8-15-25(23,24)12-5-3-11(4-6-12)17(21)22/h3-6,10,15H,7-9H2,1-2H3,(H,19,20). The zero-order valence-electron chi connectivity index (χ0n) is 13.7. The molecule has 0 bridgehead atoms. The maximum absolute atomic E-state index is 12.1. The maximum atomic E-state index is 12.1. The van der Waals surface area contributed by atoms with Gasteiger partial charge in [-0.25, -0.2) is 13.1 Å². The van der Waals surface area contributed by atoms with E-state index in [1.54, 1.807) is 13.8 Å². The van der Waals surface area contributed by atoms with Gasteiger partial charge >= 0.3 is 5.97 Å². The fraction of sp³-hybridized carbons (Fsp3) is 0.429. The molecule has 0 aromatic heterocycles. The number of rotatable bonds is 9. The molecule has 1 rings (SSSR count). The van der Waals surface area contributed by atoms with E-state index in [4.69, 9.17) is 5.11 Å². The molecule has 0 spiro atoms. The molecular formula is C14H19N3O7S. The molecule has 138 valence electrons. The lowest BCUT2D eigenvalue weighted by Gasteiger charge is -2.24. The molecule has 11 heteroatoms. The predicted octanol–water partition coefficient (Wildman–Crippen LogP) is 0.585. The zero-order valence-corrected chi connectivity index (χ0v) is 14.5. The van der Waals surface area contributed by atoms with Gasteiger partial charge < -0.3 is 10.0 Å². The summed E-state index contributed by atoms with van der Waals surface area (Å²) in [6.45, 7) is 2.62. The second-order valence-electron chi connectivity index (χ2n) is 5.41. The average molecular weight is 373 g/mol. The van der Waals surface area contributed by atoms with Crippen molar-refractivity contribution in [1.82, 2.24) is 9.62 Å². The third-order valence-corrected chi connectivity index (χ3v) is 4.72. The van der Waals surface area contributed by atoms with E-state index in [1.807, 2.05) is 0 Å². The van der Waals surface area contributed by atoms with Gasteiger partial charge in [0.1, 0.15) is 6.54 Å². The van der Waals surface area contributed by atoms with Gasteiger partial charge in [0.25, 0.3) is 5.69 Å². The van der Waals surface area contributed by atoms with Gasteiger partial charge in [-0.15, -0.1) is 0 Å². The summed E-state index contributed by atoms with van der Waals surface area (Å²) in [5, 5.41) is 19.4. The minimum absolute atomic E-state index is 0.170. The number of carboxylic acid groups (broad SMARTS) is 1. The first-order chi connectivity index (χ1) is 11.5. The third-order valence-electron chi connectivity index (χ3n) is 3.24. The molecular weight excluding hydrogens is 354 g/mol. The van der Waals surface area contributed by atoms with Gasteiger partial charge in [-0.3, -0.25) is 19.7 Å². The number of amides is 1. The number of nitro groups is 1. The van der Waals surface area contributed by atoms with E-state index in [0.29, 0.717) is 0 Å². The van der Waals surface area contributed by atoms with Crippen molar-refractivity contribution in [3.8, 4) is 0 Å². The Bertz CT molecular complexity index is 744. The summed E-state index contributed by atoms with van der Waals surface area (Å²) < 4.78 is 26.4. The number of hydrogen-bond acceptors (Lipinski definition) is 6. The lowest BCUT2D eigenvalue weighted by Crippen LogP contribution is -2.42. The van der Waals surface area contributed by atoms with Crippen LogP contribution in [0.15, 0.2) is 29.2 Å². The number of nitrogens with one attached hydrogen (secondary N) is 1. The number of carbonyl (C=O) groups excluding carboxylic acids is 1. The Labute approximate surface area is 144 Å². The Morgan fingerprint density at radius 1 is 1.28 bits per heavy atom. The van der Waals surface area contributed by atoms with Crippen molar-refractivity contribution in [2.45, 2.75) is 31.2 Å². The monoisotopic (exact) mass is 373 g/mol. The minimum atomic E-state index is -3.93. The topological polar surface area (TPSA) is 147 Å². The summed E-state index contributed by atoms with van der Waals surface area (Å²) in [4.78, 5) is 33.6. The molecule has 0 saturated heterocycles. The van der Waals surface area contributed by atoms with Crippen LogP contribution in [0.25, 0.3) is 0 Å². The van der Waals surface area contributed by atoms with Crippen molar-refractivity contribution in [3.63, 3.8) is 0 Å². The van der Waals surface area contributed by atoms with Gasteiger partial charge in [-0.05, 0) is 26.0 Å². The summed E-state index contributed by atoms with van der Waals surface area (Å²) in [5.74, 6) is -1.66. The Balaban J connectivity index is 2.68. The SMILES string of the molecule is CC(C)N(CC(=O)O)C(=O)CCNS(=O)(=O)c1ccc([N+](=O)[O-])cc1. The van der Waals surface area contributed by atoms with Crippen molar-refractivity contribution in [2.75, 3.05) is 13.1 Å². The van der Waals surface area contributed by atoms with Gasteiger partial charge in [-0.1, -0.05) is 0 Å². The highest BCUT2D eigenvalue weighted by atomic mass is 32.2. The van der Waals surface area contributed by atoms with E-state index in [-0.39, 0.29) is 29.6 Å². The van der Waals surface area contributed by atoms with Gasteiger partial charge in [0.15, 0.2) is 0 Å². The van der Waals surface area contributed by atoms with E-state index in [2.05, 4.69) is 4.72 Å². The van der Waals surface area contributed by atoms with E-state index in [9.17, 15) is 28.1 Å². The van der Waals surface area contributed by atoms with Gasteiger partial charge in [0.2, 0.25) is 15.9 Å². The molecule has 1 amide bonds. The fourth-order valence-electron chi connectivity index (χ4n) is 1.97. The summed E-state index contributed by atoms with van der Waals surface area (Å²) in [7, 11) is -3.93. The van der Waals surface area contributed by atoms with Crippen LogP contribution in [0.2, 0.25) is 0 Å². The van der Waals surface area contributed by atoms with Crippen LogP contribution in [0.3, 0.4) is 0 Å². The van der Waals surface area contributed by atoms with Crippen LogP contribution in [-0.4, -0.2) is 54.4 Å². The van der Waals surface area contributed by atoms with Crippen LogP contribution >= 0.6 is 0 Å². The molecule has 10 nitrogen and oxygen atoms in total. The van der Waals surface area contributed by atoms with Crippen LogP contribution in [-0.2, 0) is 19.6 Å². The van der Waals surface area contributed by atoms with Crippen molar-refractivity contribution < 1.29 is 28.0 Å². The van der Waals surface area contributed by atoms with Crippen LogP contribution in [0.5, 0.6) is 0 Å². The summed E-state index contributed by atoms with van der Waals surface area (Å²) in [6.07, 6.45) is -0.211. The number of hydrogen-bond donors (Lipinski definition) is 2. The second-order valence-corrected chi connectivity index (χ2v) is 7.17. The smallest absolute Gasteiger partial charge is 0.323 e. The number of non-ortho nitro benzene ring substituents is 1. The Kier molecular flexibility index (Phi) is 7.00. The van der Waals surface area contributed by atoms with Gasteiger partial charge in [0, 0.05) is 31.1 Å². The molecule has 0 saturated carbocycles. The van der Waals surface area contributed by atoms with Gasteiger partial charge in [0.05, 0.1) is 9.82 Å². The first-order valence-electron chi connectivity index (χ1n) is 7.30. The lowest BCUT2D eigenvalue weighted by atomic mass is 10.2. The van der Waals surface area contributed by atoms with Crippen molar-refractivity contribution >= 4 is 27.6 Å². The normalized spacial score (nSPS) is 11.3. The number of carboxylic acids is 1. The molecule has 0 unspecified atom stereocenters. The van der Waals surface area contributed by atoms with Crippen molar-refractivity contribution in [3.05, 3.63) is 34.4 Å². The van der Waals surface area contributed by atoms with E-state index in [0.717, 1.165) is 29.2 Å².